The van der Waals surface area contributed by atoms with Gasteiger partial charge in [0.25, 0.3) is 5.56 Å². The van der Waals surface area contributed by atoms with Gasteiger partial charge in [-0.15, -0.1) is 0 Å². The Morgan fingerprint density at radius 3 is 2.63 bits per heavy atom. The van der Waals surface area contributed by atoms with E-state index in [0.717, 1.165) is 5.56 Å². The molecule has 1 atom stereocenters. The van der Waals surface area contributed by atoms with E-state index in [9.17, 15) is 9.59 Å². The smallest absolute Gasteiger partial charge is 0.272 e. The summed E-state index contributed by atoms with van der Waals surface area (Å²) in [6.07, 6.45) is 3.51. The molecule has 4 aromatic rings. The second-order valence-corrected chi connectivity index (χ2v) is 6.86. The van der Waals surface area contributed by atoms with Gasteiger partial charge in [-0.05, 0) is 12.1 Å². The Morgan fingerprint density at radius 2 is 1.90 bits per heavy atom. The zero-order valence-corrected chi connectivity index (χ0v) is 16.6. The highest BCUT2D eigenvalue weighted by atomic mass is 16.5. The van der Waals surface area contributed by atoms with Gasteiger partial charge in [0.2, 0.25) is 5.91 Å². The van der Waals surface area contributed by atoms with Gasteiger partial charge >= 0.3 is 0 Å². The number of aryl methyl sites for hydroxylation is 1. The molecule has 0 unspecified atom stereocenters. The summed E-state index contributed by atoms with van der Waals surface area (Å²) in [5.41, 5.74) is 1.01. The summed E-state index contributed by atoms with van der Waals surface area (Å²) >= 11 is 0. The highest BCUT2D eigenvalue weighted by molar-refractivity contribution is 5.88. The monoisotopic (exact) mass is 403 g/mol. The van der Waals surface area contributed by atoms with Crippen LogP contribution >= 0.6 is 0 Å². The molecule has 0 fully saturated rings. The number of fused-ring (bicyclic) bond motifs is 1. The lowest BCUT2D eigenvalue weighted by molar-refractivity contribution is -0.121. The summed E-state index contributed by atoms with van der Waals surface area (Å²) in [4.78, 5) is 29.4. The molecule has 2 heterocycles. The van der Waals surface area contributed by atoms with Crippen LogP contribution in [0.2, 0.25) is 0 Å². The van der Waals surface area contributed by atoms with E-state index in [1.54, 1.807) is 31.5 Å². The molecule has 8 nitrogen and oxygen atoms in total. The Labute approximate surface area is 172 Å². The van der Waals surface area contributed by atoms with Gasteiger partial charge in [-0.25, -0.2) is 10.1 Å². The predicted octanol–water partition coefficient (Wildman–Crippen LogP) is 2.11. The average molecular weight is 403 g/mol. The van der Waals surface area contributed by atoms with Gasteiger partial charge in [0.15, 0.2) is 0 Å². The van der Waals surface area contributed by atoms with Gasteiger partial charge in [0.1, 0.15) is 17.6 Å². The van der Waals surface area contributed by atoms with Crippen LogP contribution < -0.4 is 15.6 Å². The zero-order valence-electron chi connectivity index (χ0n) is 16.6. The Kier molecular flexibility index (Phi) is 5.30. The normalized spacial score (nSPS) is 11.9. The van der Waals surface area contributed by atoms with E-state index in [1.165, 1.54) is 0 Å². The van der Waals surface area contributed by atoms with Crippen molar-refractivity contribution in [3.8, 4) is 5.75 Å². The molecule has 1 amide bonds. The van der Waals surface area contributed by atoms with Crippen LogP contribution in [0.5, 0.6) is 5.75 Å². The number of aromatic amines is 1. The van der Waals surface area contributed by atoms with Crippen molar-refractivity contribution in [2.75, 3.05) is 7.11 Å². The number of methoxy groups -OCH3 is 1. The number of imidazole rings is 1. The molecule has 30 heavy (non-hydrogen) atoms. The van der Waals surface area contributed by atoms with E-state index in [-0.39, 0.29) is 17.9 Å². The summed E-state index contributed by atoms with van der Waals surface area (Å²) in [7, 11) is 3.46. The van der Waals surface area contributed by atoms with Crippen molar-refractivity contribution in [2.24, 2.45) is 7.05 Å². The Morgan fingerprint density at radius 1 is 1.17 bits per heavy atom. The molecule has 4 rings (SSSR count). The molecule has 0 aliphatic rings. The fourth-order valence-corrected chi connectivity index (χ4v) is 3.51. The van der Waals surface area contributed by atoms with Crippen molar-refractivity contribution in [3.63, 3.8) is 0 Å². The maximum absolute atomic E-state index is 13.0. The van der Waals surface area contributed by atoms with E-state index in [2.05, 4.69) is 20.5 Å². The van der Waals surface area contributed by atoms with E-state index in [4.69, 9.17) is 4.74 Å². The largest absolute Gasteiger partial charge is 0.496 e. The number of amides is 1. The van der Waals surface area contributed by atoms with Crippen LogP contribution in [0.3, 0.4) is 0 Å². The summed E-state index contributed by atoms with van der Waals surface area (Å²) < 4.78 is 7.35. The minimum Gasteiger partial charge on any atom is -0.496 e. The minimum absolute atomic E-state index is 0.00731. The second-order valence-electron chi connectivity index (χ2n) is 6.86. The Bertz CT molecular complexity index is 1260. The number of rotatable bonds is 6. The quantitative estimate of drug-likeness (QED) is 0.513. The molecule has 0 aliphatic carbocycles. The van der Waals surface area contributed by atoms with E-state index in [1.807, 2.05) is 48.1 Å². The number of H-pyrrole nitrogens is 1. The fraction of sp³-hybridized carbons (Fsp3) is 0.182. The first kappa shape index (κ1) is 19.4. The van der Waals surface area contributed by atoms with Crippen molar-refractivity contribution in [2.45, 2.75) is 12.5 Å². The van der Waals surface area contributed by atoms with Crippen LogP contribution in [0.25, 0.3) is 10.8 Å². The maximum atomic E-state index is 13.0. The molecule has 0 saturated heterocycles. The Balaban J connectivity index is 1.68. The molecule has 0 aliphatic heterocycles. The van der Waals surface area contributed by atoms with E-state index >= 15 is 0 Å². The number of para-hydroxylation sites is 1. The first-order valence-corrected chi connectivity index (χ1v) is 9.44. The number of aromatic nitrogens is 4. The summed E-state index contributed by atoms with van der Waals surface area (Å²) in [5, 5.41) is 10.8. The number of nitrogens with zero attached hydrogens (tertiary/aromatic N) is 3. The molecule has 2 aromatic heterocycles. The van der Waals surface area contributed by atoms with Crippen LogP contribution in [0.1, 0.15) is 23.1 Å². The molecule has 0 spiro atoms. The van der Waals surface area contributed by atoms with Gasteiger partial charge in [0, 0.05) is 30.4 Å². The number of carbonyl (C=O) groups is 1. The lowest BCUT2D eigenvalue weighted by atomic mass is 10.0. The molecule has 0 radical (unpaired) electrons. The van der Waals surface area contributed by atoms with Gasteiger partial charge in [-0.2, -0.15) is 5.10 Å². The number of hydrogen-bond acceptors (Lipinski definition) is 5. The number of ether oxygens (including phenoxy) is 1. The van der Waals surface area contributed by atoms with E-state index in [0.29, 0.717) is 28.0 Å². The van der Waals surface area contributed by atoms with Gasteiger partial charge in [0.05, 0.1) is 24.6 Å². The SMILES string of the molecule is COc1ccccc1[C@@H](NC(=O)Cc1n[nH]c(=O)c2ccccc12)c1nccn1C. The fourth-order valence-electron chi connectivity index (χ4n) is 3.51. The third-order valence-corrected chi connectivity index (χ3v) is 4.97. The Hall–Kier alpha value is -3.94. The van der Waals surface area contributed by atoms with Crippen molar-refractivity contribution < 1.29 is 9.53 Å². The van der Waals surface area contributed by atoms with Gasteiger partial charge < -0.3 is 14.6 Å². The van der Waals surface area contributed by atoms with Crippen molar-refractivity contribution in [1.82, 2.24) is 25.1 Å². The molecule has 0 saturated carbocycles. The van der Waals surface area contributed by atoms with Crippen LogP contribution in [-0.2, 0) is 18.3 Å². The molecular weight excluding hydrogens is 382 g/mol. The van der Waals surface area contributed by atoms with Crippen molar-refractivity contribution in [1.29, 1.82) is 0 Å². The second kappa shape index (κ2) is 8.20. The first-order chi connectivity index (χ1) is 14.6. The summed E-state index contributed by atoms with van der Waals surface area (Å²) in [5.74, 6) is 1.07. The number of hydrogen-bond donors (Lipinski definition) is 2. The highest BCUT2D eigenvalue weighted by Gasteiger charge is 2.24. The van der Waals surface area contributed by atoms with Crippen LogP contribution in [0.4, 0.5) is 0 Å². The minimum atomic E-state index is -0.511. The standard InChI is InChI=1S/C22H21N5O3/c1-27-12-11-23-21(27)20(16-9-5-6-10-18(16)30-2)24-19(28)13-17-14-7-3-4-8-15(14)22(29)26-25-17/h3-12,20H,13H2,1-2H3,(H,24,28)(H,26,29)/t20-/m1/s1. The predicted molar refractivity (Wildman–Crippen MR) is 112 cm³/mol. The molecule has 8 heteroatoms. The first-order valence-electron chi connectivity index (χ1n) is 9.44. The van der Waals surface area contributed by atoms with Crippen molar-refractivity contribution in [3.05, 3.63) is 88.4 Å². The molecular formula is C22H21N5O3. The number of carbonyl (C=O) groups excluding carboxylic acids is 1. The highest BCUT2D eigenvalue weighted by Crippen LogP contribution is 2.29. The maximum Gasteiger partial charge on any atom is 0.272 e. The van der Waals surface area contributed by atoms with Crippen molar-refractivity contribution >= 4 is 16.7 Å². The van der Waals surface area contributed by atoms with Gasteiger partial charge in [-0.1, -0.05) is 36.4 Å². The average Bonchev–Trinajstić information content (AvgIpc) is 3.20. The molecule has 2 aromatic carbocycles. The molecule has 0 bridgehead atoms. The van der Waals surface area contributed by atoms with Gasteiger partial charge in [-0.3, -0.25) is 9.59 Å². The topological polar surface area (TPSA) is 102 Å². The third kappa shape index (κ3) is 3.67. The third-order valence-electron chi connectivity index (χ3n) is 4.97. The summed E-state index contributed by atoms with van der Waals surface area (Å²) in [6.45, 7) is 0. The summed E-state index contributed by atoms with van der Waals surface area (Å²) in [6, 6.07) is 14.1. The zero-order chi connectivity index (χ0) is 21.1. The van der Waals surface area contributed by atoms with Crippen LogP contribution in [-0.4, -0.2) is 32.8 Å². The lowest BCUT2D eigenvalue weighted by Crippen LogP contribution is -2.33. The molecule has 2 N–H and O–H groups in total. The van der Waals surface area contributed by atoms with Crippen LogP contribution in [0, 0.1) is 0 Å². The number of benzene rings is 2. The lowest BCUT2D eigenvalue weighted by Gasteiger charge is -2.21. The molecule has 152 valence electrons. The number of nitrogens with one attached hydrogen (secondary N) is 2. The van der Waals surface area contributed by atoms with Crippen LogP contribution in [0.15, 0.2) is 65.7 Å². The van der Waals surface area contributed by atoms with E-state index < -0.39 is 6.04 Å².